The molecule has 0 saturated carbocycles. The lowest BCUT2D eigenvalue weighted by atomic mass is 9.97. The first kappa shape index (κ1) is 20.3. The Morgan fingerprint density at radius 1 is 1.21 bits per heavy atom. The van der Waals surface area contributed by atoms with Crippen LogP contribution >= 0.6 is 11.3 Å². The molecule has 0 N–H and O–H groups in total. The van der Waals surface area contributed by atoms with Crippen LogP contribution in [0.15, 0.2) is 23.6 Å². The Morgan fingerprint density at radius 2 is 1.96 bits per heavy atom. The number of benzene rings is 1. The van der Waals surface area contributed by atoms with Gasteiger partial charge in [-0.3, -0.25) is 9.59 Å². The van der Waals surface area contributed by atoms with E-state index >= 15 is 0 Å². The van der Waals surface area contributed by atoms with Crippen molar-refractivity contribution in [3.05, 3.63) is 39.8 Å². The van der Waals surface area contributed by atoms with Crippen LogP contribution in [0.5, 0.6) is 11.5 Å². The lowest BCUT2D eigenvalue weighted by Crippen LogP contribution is -2.38. The molecule has 6 nitrogen and oxygen atoms in total. The number of rotatable bonds is 7. The molecule has 0 radical (unpaired) electrons. The van der Waals surface area contributed by atoms with Crippen LogP contribution in [0.1, 0.15) is 64.4 Å². The van der Waals surface area contributed by atoms with Crippen molar-refractivity contribution in [3.63, 3.8) is 0 Å². The zero-order chi connectivity index (χ0) is 20.1. The monoisotopic (exact) mass is 402 g/mol. The van der Waals surface area contributed by atoms with E-state index in [1.807, 2.05) is 17.2 Å². The van der Waals surface area contributed by atoms with E-state index in [9.17, 15) is 9.59 Å². The summed E-state index contributed by atoms with van der Waals surface area (Å²) in [5, 5.41) is 2.88. The zero-order valence-electron chi connectivity index (χ0n) is 16.6. The van der Waals surface area contributed by atoms with Crippen molar-refractivity contribution in [2.75, 3.05) is 27.3 Å². The molecular weight excluding hydrogens is 376 g/mol. The molecule has 2 aromatic rings. The van der Waals surface area contributed by atoms with Crippen LogP contribution in [0.3, 0.4) is 0 Å². The van der Waals surface area contributed by atoms with E-state index in [4.69, 9.17) is 9.47 Å². The van der Waals surface area contributed by atoms with Gasteiger partial charge in [0.1, 0.15) is 17.2 Å². The smallest absolute Gasteiger partial charge is 0.257 e. The number of Topliss-reactive ketones (excluding diaryl/α,β-unsaturated/α-hetero) is 1. The molecule has 1 aliphatic rings. The topological polar surface area (TPSA) is 68.7 Å². The second-order valence-corrected chi connectivity index (χ2v) is 7.77. The van der Waals surface area contributed by atoms with Crippen LogP contribution in [-0.2, 0) is 0 Å². The molecule has 1 saturated heterocycles. The van der Waals surface area contributed by atoms with E-state index in [2.05, 4.69) is 4.98 Å². The van der Waals surface area contributed by atoms with Gasteiger partial charge in [-0.25, -0.2) is 4.98 Å². The standard InChI is InChI=1S/C21H26N2O4S/c1-4-5-18(24)17-13-28-20(22-17)14-8-10-23(11-9-14)21(25)16-7-6-15(26-2)12-19(16)27-3/h6-7,12-14H,4-5,8-11H2,1-3H3. The van der Waals surface area contributed by atoms with Gasteiger partial charge in [-0.1, -0.05) is 6.92 Å². The highest BCUT2D eigenvalue weighted by Gasteiger charge is 2.28. The Morgan fingerprint density at radius 3 is 2.61 bits per heavy atom. The van der Waals surface area contributed by atoms with Gasteiger partial charge in [0.2, 0.25) is 0 Å². The third-order valence-electron chi connectivity index (χ3n) is 5.06. The van der Waals surface area contributed by atoms with Crippen molar-refractivity contribution >= 4 is 23.0 Å². The molecule has 0 aliphatic carbocycles. The van der Waals surface area contributed by atoms with Crippen molar-refractivity contribution in [3.8, 4) is 11.5 Å². The fourth-order valence-electron chi connectivity index (χ4n) is 3.43. The summed E-state index contributed by atoms with van der Waals surface area (Å²) in [7, 11) is 3.14. The zero-order valence-corrected chi connectivity index (χ0v) is 17.4. The van der Waals surface area contributed by atoms with Gasteiger partial charge < -0.3 is 14.4 Å². The van der Waals surface area contributed by atoms with Gasteiger partial charge in [-0.05, 0) is 31.4 Å². The molecule has 28 heavy (non-hydrogen) atoms. The number of thiazole rings is 1. The number of amides is 1. The Kier molecular flexibility index (Phi) is 6.67. The minimum Gasteiger partial charge on any atom is -0.497 e. The summed E-state index contributed by atoms with van der Waals surface area (Å²) in [6.07, 6.45) is 3.07. The second kappa shape index (κ2) is 9.19. The van der Waals surface area contributed by atoms with Gasteiger partial charge in [0.05, 0.1) is 24.8 Å². The SMILES string of the molecule is CCCC(=O)c1csc(C2CCN(C(=O)c3ccc(OC)cc3OC)CC2)n1. The van der Waals surface area contributed by atoms with E-state index in [-0.39, 0.29) is 11.7 Å². The summed E-state index contributed by atoms with van der Waals surface area (Å²) in [5.74, 6) is 1.56. The number of aromatic nitrogens is 1. The summed E-state index contributed by atoms with van der Waals surface area (Å²) >= 11 is 1.56. The molecule has 0 atom stereocenters. The summed E-state index contributed by atoms with van der Waals surface area (Å²) in [4.78, 5) is 31.4. The van der Waals surface area contributed by atoms with E-state index in [1.54, 1.807) is 43.8 Å². The molecule has 0 unspecified atom stereocenters. The molecule has 1 aromatic heterocycles. The Balaban J connectivity index is 1.64. The van der Waals surface area contributed by atoms with Crippen molar-refractivity contribution in [1.29, 1.82) is 0 Å². The van der Waals surface area contributed by atoms with Gasteiger partial charge in [-0.15, -0.1) is 11.3 Å². The van der Waals surface area contributed by atoms with Gasteiger partial charge in [0, 0.05) is 36.9 Å². The number of carbonyl (C=O) groups is 2. The summed E-state index contributed by atoms with van der Waals surface area (Å²) in [6, 6.07) is 5.25. The number of ketones is 1. The third kappa shape index (κ3) is 4.35. The fraction of sp³-hybridized carbons (Fsp3) is 0.476. The highest BCUT2D eigenvalue weighted by atomic mass is 32.1. The van der Waals surface area contributed by atoms with Crippen LogP contribution in [0, 0.1) is 0 Å². The molecule has 2 heterocycles. The number of carbonyl (C=O) groups excluding carboxylic acids is 2. The number of hydrogen-bond donors (Lipinski definition) is 0. The number of piperidine rings is 1. The Labute approximate surface area is 169 Å². The van der Waals surface area contributed by atoms with E-state index < -0.39 is 0 Å². The first-order valence-corrected chi connectivity index (χ1v) is 10.4. The number of methoxy groups -OCH3 is 2. The van der Waals surface area contributed by atoms with E-state index in [1.165, 1.54) is 0 Å². The van der Waals surface area contributed by atoms with Crippen molar-refractivity contribution in [2.24, 2.45) is 0 Å². The maximum atomic E-state index is 12.9. The maximum absolute atomic E-state index is 12.9. The maximum Gasteiger partial charge on any atom is 0.257 e. The number of nitrogens with zero attached hydrogens (tertiary/aromatic N) is 2. The normalized spacial score (nSPS) is 14.8. The quantitative estimate of drug-likeness (QED) is 0.651. The Hall–Kier alpha value is -2.41. The molecule has 1 aliphatic heterocycles. The van der Waals surface area contributed by atoms with Crippen LogP contribution in [-0.4, -0.2) is 48.9 Å². The van der Waals surface area contributed by atoms with Crippen molar-refractivity contribution in [2.45, 2.75) is 38.5 Å². The molecule has 1 aromatic carbocycles. The largest absolute Gasteiger partial charge is 0.497 e. The minimum absolute atomic E-state index is 0.0316. The van der Waals surface area contributed by atoms with Crippen LogP contribution < -0.4 is 9.47 Å². The highest BCUT2D eigenvalue weighted by molar-refractivity contribution is 7.09. The van der Waals surface area contributed by atoms with Crippen LogP contribution in [0.25, 0.3) is 0 Å². The molecule has 0 spiro atoms. The number of likely N-dealkylation sites (tertiary alicyclic amines) is 1. The first-order chi connectivity index (χ1) is 13.6. The van der Waals surface area contributed by atoms with Crippen LogP contribution in [0.4, 0.5) is 0 Å². The highest BCUT2D eigenvalue weighted by Crippen LogP contribution is 2.32. The van der Waals surface area contributed by atoms with Crippen molar-refractivity contribution in [1.82, 2.24) is 9.88 Å². The van der Waals surface area contributed by atoms with Crippen molar-refractivity contribution < 1.29 is 19.1 Å². The second-order valence-electron chi connectivity index (χ2n) is 6.88. The van der Waals surface area contributed by atoms with Gasteiger partial charge in [0.25, 0.3) is 5.91 Å². The summed E-state index contributed by atoms with van der Waals surface area (Å²) in [5.41, 5.74) is 1.13. The van der Waals surface area contributed by atoms with Gasteiger partial charge >= 0.3 is 0 Å². The number of ether oxygens (including phenoxy) is 2. The molecule has 3 rings (SSSR count). The fourth-order valence-corrected chi connectivity index (χ4v) is 4.43. The molecule has 0 bridgehead atoms. The summed E-state index contributed by atoms with van der Waals surface area (Å²) in [6.45, 7) is 3.32. The first-order valence-electron chi connectivity index (χ1n) is 9.57. The average molecular weight is 403 g/mol. The van der Waals surface area contributed by atoms with E-state index in [0.29, 0.717) is 48.2 Å². The predicted molar refractivity (Wildman–Crippen MR) is 109 cm³/mol. The molecule has 1 amide bonds. The Bertz CT molecular complexity index is 841. The van der Waals surface area contributed by atoms with Gasteiger partial charge in [-0.2, -0.15) is 0 Å². The minimum atomic E-state index is -0.0316. The average Bonchev–Trinajstić information content (AvgIpc) is 3.23. The van der Waals surface area contributed by atoms with E-state index in [0.717, 1.165) is 24.3 Å². The lowest BCUT2D eigenvalue weighted by Gasteiger charge is -2.31. The third-order valence-corrected chi connectivity index (χ3v) is 6.06. The predicted octanol–water partition coefficient (Wildman–Crippen LogP) is 4.16. The summed E-state index contributed by atoms with van der Waals surface area (Å²) < 4.78 is 10.6. The van der Waals surface area contributed by atoms with Gasteiger partial charge in [0.15, 0.2) is 5.78 Å². The number of hydrogen-bond acceptors (Lipinski definition) is 6. The van der Waals surface area contributed by atoms with Crippen LogP contribution in [0.2, 0.25) is 0 Å². The molecule has 150 valence electrons. The lowest BCUT2D eigenvalue weighted by molar-refractivity contribution is 0.0709. The molecule has 7 heteroatoms. The molecular formula is C21H26N2O4S. The molecule has 1 fully saturated rings.